The van der Waals surface area contributed by atoms with E-state index >= 15 is 0 Å². The summed E-state index contributed by atoms with van der Waals surface area (Å²) in [6.07, 6.45) is 1.52. The van der Waals surface area contributed by atoms with Crippen LogP contribution in [0.1, 0.15) is 25.5 Å². The van der Waals surface area contributed by atoms with Gasteiger partial charge in [0.1, 0.15) is 10.8 Å². The molecular weight excluding hydrogens is 281 g/mol. The van der Waals surface area contributed by atoms with E-state index in [1.54, 1.807) is 12.1 Å². The fraction of sp³-hybridized carbons (Fsp3) is 0.286. The molecule has 6 heteroatoms. The Kier molecular flexibility index (Phi) is 4.39. The average molecular weight is 296 g/mol. The Morgan fingerprint density at radius 3 is 2.65 bits per heavy atom. The molecule has 0 bridgehead atoms. The van der Waals surface area contributed by atoms with Crippen LogP contribution in [0, 0.1) is 5.82 Å². The molecule has 2 rings (SSSR count). The number of halogens is 2. The molecule has 0 aliphatic rings. The molecule has 1 heterocycles. The van der Waals surface area contributed by atoms with Gasteiger partial charge in [-0.05, 0) is 31.5 Å². The van der Waals surface area contributed by atoms with Gasteiger partial charge in [-0.25, -0.2) is 9.07 Å². The fourth-order valence-electron chi connectivity index (χ4n) is 1.86. The van der Waals surface area contributed by atoms with E-state index < -0.39 is 0 Å². The topological polar surface area (TPSA) is 46.9 Å². The predicted molar refractivity (Wildman–Crippen MR) is 77.6 cm³/mol. The van der Waals surface area contributed by atoms with Crippen molar-refractivity contribution in [3.63, 3.8) is 0 Å². The first-order valence-electron chi connectivity index (χ1n) is 6.30. The van der Waals surface area contributed by atoms with Gasteiger partial charge in [-0.15, -0.1) is 0 Å². The lowest BCUT2D eigenvalue weighted by Crippen LogP contribution is -2.23. The van der Waals surface area contributed by atoms with E-state index in [1.165, 1.54) is 23.0 Å². The van der Waals surface area contributed by atoms with Crippen LogP contribution >= 0.6 is 11.6 Å². The summed E-state index contributed by atoms with van der Waals surface area (Å²) in [4.78, 5) is 11.9. The van der Waals surface area contributed by atoms with Gasteiger partial charge in [-0.2, -0.15) is 5.10 Å². The third-order valence-electron chi connectivity index (χ3n) is 3.03. The molecule has 0 spiro atoms. The van der Waals surface area contributed by atoms with Crippen molar-refractivity contribution in [1.82, 2.24) is 9.78 Å². The summed E-state index contributed by atoms with van der Waals surface area (Å²) in [6, 6.07) is 6.03. The predicted octanol–water partition coefficient (Wildman–Crippen LogP) is 3.23. The number of nitrogens with zero attached hydrogens (tertiary/aromatic N) is 2. The van der Waals surface area contributed by atoms with E-state index in [0.29, 0.717) is 12.2 Å². The zero-order valence-electron chi connectivity index (χ0n) is 11.2. The number of aromatic nitrogens is 2. The standard InChI is InChI=1S/C14H15ClFN3O/c1-3-19-14(20)13(15)12(8-17-19)18-9(2)10-4-6-11(16)7-5-10/h4-9,18H,3H2,1-2H3. The Bertz CT molecular complexity index is 654. The average Bonchev–Trinajstić information content (AvgIpc) is 2.45. The zero-order chi connectivity index (χ0) is 14.7. The molecule has 0 aliphatic carbocycles. The fourth-order valence-corrected chi connectivity index (χ4v) is 2.06. The summed E-state index contributed by atoms with van der Waals surface area (Å²) in [5.74, 6) is -0.286. The molecule has 4 nitrogen and oxygen atoms in total. The van der Waals surface area contributed by atoms with Gasteiger partial charge >= 0.3 is 0 Å². The largest absolute Gasteiger partial charge is 0.376 e. The molecule has 20 heavy (non-hydrogen) atoms. The van der Waals surface area contributed by atoms with Crippen molar-refractivity contribution in [3.05, 3.63) is 57.2 Å². The van der Waals surface area contributed by atoms with Gasteiger partial charge in [0.15, 0.2) is 0 Å². The molecule has 1 N–H and O–H groups in total. The Morgan fingerprint density at radius 1 is 1.40 bits per heavy atom. The minimum absolute atomic E-state index is 0.107. The smallest absolute Gasteiger partial charge is 0.287 e. The maximum Gasteiger partial charge on any atom is 0.287 e. The summed E-state index contributed by atoms with van der Waals surface area (Å²) in [5.41, 5.74) is 1.03. The zero-order valence-corrected chi connectivity index (χ0v) is 12.0. The van der Waals surface area contributed by atoms with Crippen molar-refractivity contribution in [2.24, 2.45) is 0 Å². The minimum Gasteiger partial charge on any atom is -0.376 e. The molecule has 1 atom stereocenters. The van der Waals surface area contributed by atoms with E-state index in [-0.39, 0.29) is 22.4 Å². The maximum absolute atomic E-state index is 12.9. The lowest BCUT2D eigenvalue weighted by molar-refractivity contribution is 0.615. The van der Waals surface area contributed by atoms with E-state index in [2.05, 4.69) is 10.4 Å². The lowest BCUT2D eigenvalue weighted by Gasteiger charge is -2.16. The quantitative estimate of drug-likeness (QED) is 0.942. The molecule has 0 fully saturated rings. The maximum atomic E-state index is 12.9. The summed E-state index contributed by atoms with van der Waals surface area (Å²) in [5, 5.41) is 7.23. The Hall–Kier alpha value is -1.88. The van der Waals surface area contributed by atoms with Gasteiger partial charge in [0.25, 0.3) is 5.56 Å². The van der Waals surface area contributed by atoms with Crippen molar-refractivity contribution in [1.29, 1.82) is 0 Å². The summed E-state index contributed by atoms with van der Waals surface area (Å²) in [6.45, 7) is 4.18. The van der Waals surface area contributed by atoms with Gasteiger partial charge in [0, 0.05) is 12.6 Å². The number of hydrogen-bond acceptors (Lipinski definition) is 3. The second kappa shape index (κ2) is 6.05. The first-order valence-corrected chi connectivity index (χ1v) is 6.68. The third kappa shape index (κ3) is 2.99. The molecule has 2 aromatic rings. The monoisotopic (exact) mass is 295 g/mol. The molecule has 0 saturated heterocycles. The molecule has 0 saturated carbocycles. The molecule has 0 radical (unpaired) electrons. The molecule has 0 aliphatic heterocycles. The number of nitrogens with one attached hydrogen (secondary N) is 1. The van der Waals surface area contributed by atoms with Crippen LogP contribution in [0.5, 0.6) is 0 Å². The number of benzene rings is 1. The Morgan fingerprint density at radius 2 is 2.05 bits per heavy atom. The van der Waals surface area contributed by atoms with Gasteiger partial charge < -0.3 is 5.32 Å². The van der Waals surface area contributed by atoms with Gasteiger partial charge in [0.05, 0.1) is 11.9 Å². The van der Waals surface area contributed by atoms with Crippen molar-refractivity contribution in [2.45, 2.75) is 26.4 Å². The number of hydrogen-bond donors (Lipinski definition) is 1. The van der Waals surface area contributed by atoms with Gasteiger partial charge in [-0.3, -0.25) is 4.79 Å². The van der Waals surface area contributed by atoms with Crippen LogP contribution in [0.4, 0.5) is 10.1 Å². The molecule has 0 amide bonds. The van der Waals surface area contributed by atoms with Crippen LogP contribution < -0.4 is 10.9 Å². The second-order valence-electron chi connectivity index (χ2n) is 4.41. The summed E-state index contributed by atoms with van der Waals surface area (Å²) < 4.78 is 14.2. The van der Waals surface area contributed by atoms with Gasteiger partial charge in [0.2, 0.25) is 0 Å². The van der Waals surface area contributed by atoms with E-state index in [9.17, 15) is 9.18 Å². The van der Waals surface area contributed by atoms with Crippen LogP contribution in [0.15, 0.2) is 35.3 Å². The highest BCUT2D eigenvalue weighted by Gasteiger charge is 2.12. The van der Waals surface area contributed by atoms with Crippen LogP contribution in [-0.2, 0) is 6.54 Å². The van der Waals surface area contributed by atoms with Crippen LogP contribution in [-0.4, -0.2) is 9.78 Å². The van der Waals surface area contributed by atoms with Crippen LogP contribution in [0.25, 0.3) is 0 Å². The van der Waals surface area contributed by atoms with E-state index in [0.717, 1.165) is 5.56 Å². The molecule has 1 aromatic heterocycles. The first-order chi connectivity index (χ1) is 9.52. The number of aryl methyl sites for hydroxylation is 1. The molecule has 1 aromatic carbocycles. The number of rotatable bonds is 4. The van der Waals surface area contributed by atoms with Crippen molar-refractivity contribution >= 4 is 17.3 Å². The number of anilines is 1. The highest BCUT2D eigenvalue weighted by Crippen LogP contribution is 2.22. The van der Waals surface area contributed by atoms with Crippen LogP contribution in [0.2, 0.25) is 5.02 Å². The van der Waals surface area contributed by atoms with E-state index in [4.69, 9.17) is 11.6 Å². The SMILES string of the molecule is CCn1ncc(NC(C)c2ccc(F)cc2)c(Cl)c1=O. The van der Waals surface area contributed by atoms with Crippen molar-refractivity contribution in [2.75, 3.05) is 5.32 Å². The van der Waals surface area contributed by atoms with Crippen LogP contribution in [0.3, 0.4) is 0 Å². The highest BCUT2D eigenvalue weighted by atomic mass is 35.5. The molecule has 106 valence electrons. The molecular formula is C14H15ClFN3O. The van der Waals surface area contributed by atoms with E-state index in [1.807, 2.05) is 13.8 Å². The second-order valence-corrected chi connectivity index (χ2v) is 4.79. The minimum atomic E-state index is -0.328. The summed E-state index contributed by atoms with van der Waals surface area (Å²) in [7, 11) is 0. The first kappa shape index (κ1) is 14.5. The van der Waals surface area contributed by atoms with Crippen molar-refractivity contribution < 1.29 is 4.39 Å². The normalized spacial score (nSPS) is 12.2. The third-order valence-corrected chi connectivity index (χ3v) is 3.39. The Balaban J connectivity index is 2.24. The Labute approximate surface area is 121 Å². The lowest BCUT2D eigenvalue weighted by atomic mass is 10.1. The summed E-state index contributed by atoms with van der Waals surface area (Å²) >= 11 is 6.04. The highest BCUT2D eigenvalue weighted by molar-refractivity contribution is 6.32. The van der Waals surface area contributed by atoms with Gasteiger partial charge in [-0.1, -0.05) is 23.7 Å². The molecule has 1 unspecified atom stereocenters. The van der Waals surface area contributed by atoms with Crippen molar-refractivity contribution in [3.8, 4) is 0 Å².